The van der Waals surface area contributed by atoms with E-state index in [0.29, 0.717) is 43.4 Å². The molecule has 7 heteroatoms. The van der Waals surface area contributed by atoms with Crippen molar-refractivity contribution >= 4 is 23.2 Å². The number of aromatic nitrogens is 2. The number of amides is 1. The van der Waals surface area contributed by atoms with Crippen molar-refractivity contribution in [2.24, 2.45) is 0 Å². The highest BCUT2D eigenvalue weighted by Crippen LogP contribution is 2.16. The van der Waals surface area contributed by atoms with Crippen LogP contribution in [-0.4, -0.2) is 52.9 Å². The van der Waals surface area contributed by atoms with Crippen molar-refractivity contribution < 1.29 is 14.3 Å². The molecule has 1 fully saturated rings. The molecule has 1 N–H and O–H groups in total. The molecule has 0 spiro atoms. The third kappa shape index (κ3) is 3.75. The second-order valence-corrected chi connectivity index (χ2v) is 5.45. The number of anilines is 2. The Bertz CT molecular complexity index is 740. The van der Waals surface area contributed by atoms with Crippen LogP contribution in [0.1, 0.15) is 27.8 Å². The highest BCUT2D eigenvalue weighted by Gasteiger charge is 2.20. The molecule has 124 valence electrons. The van der Waals surface area contributed by atoms with Gasteiger partial charge in [0.25, 0.3) is 5.91 Å². The molecule has 1 aromatic carbocycles. The molecule has 0 unspecified atom stereocenters. The van der Waals surface area contributed by atoms with Gasteiger partial charge in [0, 0.05) is 30.4 Å². The summed E-state index contributed by atoms with van der Waals surface area (Å²) < 4.78 is 5.25. The topological polar surface area (TPSA) is 84.4 Å². The normalized spacial score (nSPS) is 14.3. The number of rotatable bonds is 4. The molecule has 1 amide bonds. The largest absolute Gasteiger partial charge is 0.378 e. The minimum absolute atomic E-state index is 0.0157. The van der Waals surface area contributed by atoms with Gasteiger partial charge in [-0.05, 0) is 31.2 Å². The first-order chi connectivity index (χ1) is 11.6. The average Bonchev–Trinajstić information content (AvgIpc) is 2.62. The fraction of sp³-hybridized carbons (Fsp3) is 0.294. The van der Waals surface area contributed by atoms with E-state index < -0.39 is 0 Å². The summed E-state index contributed by atoms with van der Waals surface area (Å²) in [6.07, 6.45) is 1.36. The predicted molar refractivity (Wildman–Crippen MR) is 88.5 cm³/mol. The molecule has 0 atom stereocenters. The van der Waals surface area contributed by atoms with E-state index in [4.69, 9.17) is 4.74 Å². The monoisotopic (exact) mass is 326 g/mol. The Kier molecular flexibility index (Phi) is 4.81. The molecule has 2 heterocycles. The van der Waals surface area contributed by atoms with Gasteiger partial charge < -0.3 is 15.0 Å². The second kappa shape index (κ2) is 7.18. The lowest BCUT2D eigenvalue weighted by molar-refractivity contribution is 0.0299. The van der Waals surface area contributed by atoms with Crippen LogP contribution in [0.4, 0.5) is 11.5 Å². The molecular formula is C17H18N4O3. The van der Waals surface area contributed by atoms with Gasteiger partial charge in [-0.15, -0.1) is 0 Å². The molecule has 1 aromatic heterocycles. The van der Waals surface area contributed by atoms with Crippen LogP contribution in [0.3, 0.4) is 0 Å². The lowest BCUT2D eigenvalue weighted by Crippen LogP contribution is -2.41. The summed E-state index contributed by atoms with van der Waals surface area (Å²) in [6.45, 7) is 3.75. The molecule has 0 saturated carbocycles. The van der Waals surface area contributed by atoms with Crippen molar-refractivity contribution in [3.63, 3.8) is 0 Å². The Morgan fingerprint density at radius 3 is 2.50 bits per heavy atom. The van der Waals surface area contributed by atoms with Crippen molar-refractivity contribution in [1.29, 1.82) is 0 Å². The van der Waals surface area contributed by atoms with Gasteiger partial charge in [0.2, 0.25) is 0 Å². The highest BCUT2D eigenvalue weighted by atomic mass is 16.5. The third-order valence-corrected chi connectivity index (χ3v) is 3.75. The van der Waals surface area contributed by atoms with Gasteiger partial charge in [-0.3, -0.25) is 9.59 Å². The number of carbonyl (C=O) groups excluding carboxylic acids is 2. The highest BCUT2D eigenvalue weighted by molar-refractivity contribution is 5.94. The number of Topliss-reactive ketones (excluding diaryl/α,β-unsaturated/α-hetero) is 1. The van der Waals surface area contributed by atoms with E-state index >= 15 is 0 Å². The Balaban J connectivity index is 1.72. The van der Waals surface area contributed by atoms with Gasteiger partial charge in [0.15, 0.2) is 5.78 Å². The zero-order chi connectivity index (χ0) is 16.9. The number of ether oxygens (including phenoxy) is 1. The number of hydrogen-bond donors (Lipinski definition) is 1. The molecule has 24 heavy (non-hydrogen) atoms. The predicted octanol–water partition coefficient (Wildman–Crippen LogP) is 1.90. The molecule has 0 aliphatic carbocycles. The summed E-state index contributed by atoms with van der Waals surface area (Å²) in [6, 6.07) is 8.69. The molecule has 0 radical (unpaired) electrons. The molecule has 3 rings (SSSR count). The number of morpholine rings is 1. The van der Waals surface area contributed by atoms with Crippen LogP contribution in [0.25, 0.3) is 0 Å². The third-order valence-electron chi connectivity index (χ3n) is 3.75. The first-order valence-corrected chi connectivity index (χ1v) is 7.70. The molecule has 1 aliphatic rings. The molecule has 7 nitrogen and oxygen atoms in total. The van der Waals surface area contributed by atoms with Crippen molar-refractivity contribution in [3.05, 3.63) is 47.9 Å². The number of benzene rings is 1. The Morgan fingerprint density at radius 2 is 1.83 bits per heavy atom. The van der Waals surface area contributed by atoms with Crippen LogP contribution < -0.4 is 5.32 Å². The van der Waals surface area contributed by atoms with Crippen LogP contribution in [0.2, 0.25) is 0 Å². The van der Waals surface area contributed by atoms with Gasteiger partial charge in [-0.25, -0.2) is 9.97 Å². The fourth-order valence-electron chi connectivity index (χ4n) is 2.41. The smallest absolute Gasteiger partial charge is 0.272 e. The summed E-state index contributed by atoms with van der Waals surface area (Å²) in [5.74, 6) is 0.412. The average molecular weight is 326 g/mol. The zero-order valence-corrected chi connectivity index (χ0v) is 13.4. The van der Waals surface area contributed by atoms with Crippen LogP contribution in [-0.2, 0) is 4.74 Å². The maximum absolute atomic E-state index is 12.4. The summed E-state index contributed by atoms with van der Waals surface area (Å²) in [5, 5.41) is 3.11. The number of nitrogens with zero attached hydrogens (tertiary/aromatic N) is 3. The number of hydrogen-bond acceptors (Lipinski definition) is 6. The Morgan fingerprint density at radius 1 is 1.12 bits per heavy atom. The molecule has 0 bridgehead atoms. The van der Waals surface area contributed by atoms with E-state index in [1.165, 1.54) is 13.3 Å². The standard InChI is InChI=1S/C17H18N4O3/c1-12(22)13-2-4-14(5-3-13)20-16-10-15(18-11-19-16)17(23)21-6-8-24-9-7-21/h2-5,10-11H,6-9H2,1H3,(H,18,19,20). The first kappa shape index (κ1) is 16.1. The van der Waals surface area contributed by atoms with E-state index in [1.54, 1.807) is 35.2 Å². The van der Waals surface area contributed by atoms with Crippen molar-refractivity contribution in [2.45, 2.75) is 6.92 Å². The summed E-state index contributed by atoms with van der Waals surface area (Å²) >= 11 is 0. The Labute approximate surface area is 139 Å². The van der Waals surface area contributed by atoms with E-state index in [-0.39, 0.29) is 11.7 Å². The minimum atomic E-state index is -0.129. The van der Waals surface area contributed by atoms with Gasteiger partial charge in [-0.2, -0.15) is 0 Å². The number of ketones is 1. The number of nitrogens with one attached hydrogen (secondary N) is 1. The quantitative estimate of drug-likeness (QED) is 0.864. The number of carbonyl (C=O) groups is 2. The van der Waals surface area contributed by atoms with E-state index in [1.807, 2.05) is 0 Å². The van der Waals surface area contributed by atoms with E-state index in [2.05, 4.69) is 15.3 Å². The van der Waals surface area contributed by atoms with Gasteiger partial charge in [-0.1, -0.05) is 0 Å². The van der Waals surface area contributed by atoms with Crippen LogP contribution in [0.5, 0.6) is 0 Å². The first-order valence-electron chi connectivity index (χ1n) is 7.70. The summed E-state index contributed by atoms with van der Waals surface area (Å²) in [7, 11) is 0. The summed E-state index contributed by atoms with van der Waals surface area (Å²) in [5.41, 5.74) is 1.77. The lowest BCUT2D eigenvalue weighted by atomic mass is 10.1. The van der Waals surface area contributed by atoms with Crippen molar-refractivity contribution in [2.75, 3.05) is 31.6 Å². The van der Waals surface area contributed by atoms with Crippen LogP contribution >= 0.6 is 0 Å². The van der Waals surface area contributed by atoms with Crippen LogP contribution in [0, 0.1) is 0 Å². The van der Waals surface area contributed by atoms with E-state index in [9.17, 15) is 9.59 Å². The van der Waals surface area contributed by atoms with Crippen LogP contribution in [0.15, 0.2) is 36.7 Å². The molecule has 2 aromatic rings. The fourth-order valence-corrected chi connectivity index (χ4v) is 2.41. The van der Waals surface area contributed by atoms with Crippen molar-refractivity contribution in [1.82, 2.24) is 14.9 Å². The van der Waals surface area contributed by atoms with Crippen molar-refractivity contribution in [3.8, 4) is 0 Å². The minimum Gasteiger partial charge on any atom is -0.378 e. The van der Waals surface area contributed by atoms with Gasteiger partial charge in [0.05, 0.1) is 13.2 Å². The summed E-state index contributed by atoms with van der Waals surface area (Å²) in [4.78, 5) is 33.7. The van der Waals surface area contributed by atoms with Gasteiger partial charge >= 0.3 is 0 Å². The SMILES string of the molecule is CC(=O)c1ccc(Nc2cc(C(=O)N3CCOCC3)ncn2)cc1. The second-order valence-electron chi connectivity index (χ2n) is 5.45. The van der Waals surface area contributed by atoms with Gasteiger partial charge in [0.1, 0.15) is 17.8 Å². The zero-order valence-electron chi connectivity index (χ0n) is 13.4. The maximum Gasteiger partial charge on any atom is 0.272 e. The lowest BCUT2D eigenvalue weighted by Gasteiger charge is -2.26. The molecule has 1 aliphatic heterocycles. The molecular weight excluding hydrogens is 308 g/mol. The maximum atomic E-state index is 12.4. The van der Waals surface area contributed by atoms with E-state index in [0.717, 1.165) is 5.69 Å². The molecule has 1 saturated heterocycles. The Hall–Kier alpha value is -2.80.